The van der Waals surface area contributed by atoms with Gasteiger partial charge >= 0.3 is 0 Å². The van der Waals surface area contributed by atoms with Crippen molar-refractivity contribution in [3.8, 4) is 0 Å². The SMILES string of the molecule is CN(CC1CCN(c2nc3ccc(Br)cc3s2)CC1)C(=O)c1cnn(C)c1. The first kappa shape index (κ1) is 18.4. The zero-order chi connectivity index (χ0) is 19.0. The fourth-order valence-electron chi connectivity index (χ4n) is 3.55. The molecule has 1 fully saturated rings. The van der Waals surface area contributed by atoms with Crippen molar-refractivity contribution in [2.45, 2.75) is 12.8 Å². The van der Waals surface area contributed by atoms with Crippen molar-refractivity contribution in [1.29, 1.82) is 0 Å². The average molecular weight is 448 g/mol. The van der Waals surface area contributed by atoms with Gasteiger partial charge in [-0.1, -0.05) is 27.3 Å². The van der Waals surface area contributed by atoms with Gasteiger partial charge in [-0.25, -0.2) is 4.98 Å². The van der Waals surface area contributed by atoms with E-state index in [9.17, 15) is 4.79 Å². The molecule has 3 aromatic rings. The maximum absolute atomic E-state index is 12.5. The lowest BCUT2D eigenvalue weighted by Crippen LogP contribution is -2.39. The zero-order valence-electron chi connectivity index (χ0n) is 15.4. The number of anilines is 1. The minimum absolute atomic E-state index is 0.0438. The van der Waals surface area contributed by atoms with Crippen LogP contribution in [-0.2, 0) is 7.05 Å². The molecule has 6 nitrogen and oxygen atoms in total. The topological polar surface area (TPSA) is 54.3 Å². The molecule has 0 unspecified atom stereocenters. The van der Waals surface area contributed by atoms with Gasteiger partial charge in [0.2, 0.25) is 0 Å². The van der Waals surface area contributed by atoms with Gasteiger partial charge in [0.1, 0.15) is 0 Å². The van der Waals surface area contributed by atoms with E-state index in [2.05, 4.69) is 38.1 Å². The Kier molecular flexibility index (Phi) is 5.19. The zero-order valence-corrected chi connectivity index (χ0v) is 17.8. The van der Waals surface area contributed by atoms with Gasteiger partial charge < -0.3 is 9.80 Å². The summed E-state index contributed by atoms with van der Waals surface area (Å²) in [6, 6.07) is 6.22. The second-order valence-corrected chi connectivity index (χ2v) is 9.05. The number of carbonyl (C=O) groups is 1. The van der Waals surface area contributed by atoms with Crippen molar-refractivity contribution in [2.24, 2.45) is 13.0 Å². The smallest absolute Gasteiger partial charge is 0.256 e. The summed E-state index contributed by atoms with van der Waals surface area (Å²) in [6.45, 7) is 2.76. The number of aromatic nitrogens is 3. The monoisotopic (exact) mass is 447 g/mol. The van der Waals surface area contributed by atoms with Crippen LogP contribution in [0.5, 0.6) is 0 Å². The highest BCUT2D eigenvalue weighted by molar-refractivity contribution is 9.10. The van der Waals surface area contributed by atoms with Gasteiger partial charge in [-0.05, 0) is 37.0 Å². The number of halogens is 1. The Labute approximate surface area is 170 Å². The molecule has 0 spiro atoms. The minimum Gasteiger partial charge on any atom is -0.348 e. The molecule has 0 bridgehead atoms. The van der Waals surface area contributed by atoms with Crippen LogP contribution in [0.2, 0.25) is 0 Å². The lowest BCUT2D eigenvalue weighted by atomic mass is 9.96. The van der Waals surface area contributed by atoms with Crippen molar-refractivity contribution in [3.63, 3.8) is 0 Å². The number of hydrogen-bond acceptors (Lipinski definition) is 5. The third-order valence-electron chi connectivity index (χ3n) is 5.05. The van der Waals surface area contributed by atoms with Crippen LogP contribution < -0.4 is 4.90 Å². The van der Waals surface area contributed by atoms with Gasteiger partial charge in [-0.15, -0.1) is 0 Å². The van der Waals surface area contributed by atoms with Crippen LogP contribution in [0.25, 0.3) is 10.2 Å². The standard InChI is InChI=1S/C19H22BrN5OS/c1-23(18(26)14-10-21-24(2)12-14)11-13-5-7-25(8-6-13)19-22-16-4-3-15(20)9-17(16)27-19/h3-4,9-10,12-13H,5-8,11H2,1-2H3. The molecule has 3 heterocycles. The highest BCUT2D eigenvalue weighted by atomic mass is 79.9. The number of benzene rings is 1. The van der Waals surface area contributed by atoms with Gasteiger partial charge in [-0.2, -0.15) is 5.10 Å². The Bertz CT molecular complexity index is 960. The van der Waals surface area contributed by atoms with Crippen LogP contribution >= 0.6 is 27.3 Å². The maximum Gasteiger partial charge on any atom is 0.256 e. The summed E-state index contributed by atoms with van der Waals surface area (Å²) in [7, 11) is 3.71. The number of aryl methyl sites for hydroxylation is 1. The van der Waals surface area contributed by atoms with Gasteiger partial charge in [0.15, 0.2) is 5.13 Å². The predicted molar refractivity (Wildman–Crippen MR) is 112 cm³/mol. The number of amides is 1. The van der Waals surface area contributed by atoms with E-state index in [1.54, 1.807) is 28.4 Å². The largest absolute Gasteiger partial charge is 0.348 e. The second kappa shape index (κ2) is 7.59. The summed E-state index contributed by atoms with van der Waals surface area (Å²) in [6.07, 6.45) is 5.55. The minimum atomic E-state index is 0.0438. The molecule has 0 N–H and O–H groups in total. The fourth-order valence-corrected chi connectivity index (χ4v) is 5.12. The number of rotatable bonds is 4. The number of piperidine rings is 1. The van der Waals surface area contributed by atoms with Crippen molar-refractivity contribution < 1.29 is 4.79 Å². The lowest BCUT2D eigenvalue weighted by Gasteiger charge is -2.33. The molecule has 0 radical (unpaired) electrons. The van der Waals surface area contributed by atoms with Gasteiger partial charge in [0.25, 0.3) is 5.91 Å². The molecular weight excluding hydrogens is 426 g/mol. The summed E-state index contributed by atoms with van der Waals surface area (Å²) < 4.78 is 3.96. The average Bonchev–Trinajstić information content (AvgIpc) is 3.27. The number of fused-ring (bicyclic) bond motifs is 1. The molecule has 1 saturated heterocycles. The molecule has 0 atom stereocenters. The van der Waals surface area contributed by atoms with Gasteiger partial charge in [-0.3, -0.25) is 9.48 Å². The molecule has 1 aliphatic heterocycles. The predicted octanol–water partition coefficient (Wildman–Crippen LogP) is 3.78. The van der Waals surface area contributed by atoms with Crippen LogP contribution in [0, 0.1) is 5.92 Å². The van der Waals surface area contributed by atoms with Crippen LogP contribution in [-0.4, -0.2) is 52.3 Å². The molecule has 0 saturated carbocycles. The molecule has 8 heteroatoms. The van der Waals surface area contributed by atoms with E-state index < -0.39 is 0 Å². The van der Waals surface area contributed by atoms with Gasteiger partial charge in [0.05, 0.1) is 22.0 Å². The Hall–Kier alpha value is -1.93. The Morgan fingerprint density at radius 1 is 1.37 bits per heavy atom. The molecule has 2 aromatic heterocycles. The summed E-state index contributed by atoms with van der Waals surface area (Å²) in [5, 5.41) is 5.19. The Morgan fingerprint density at radius 2 is 2.15 bits per heavy atom. The molecule has 1 aliphatic rings. The highest BCUT2D eigenvalue weighted by Gasteiger charge is 2.24. The van der Waals surface area contributed by atoms with E-state index in [-0.39, 0.29) is 5.91 Å². The Balaban J connectivity index is 1.34. The lowest BCUT2D eigenvalue weighted by molar-refractivity contribution is 0.0765. The van der Waals surface area contributed by atoms with Crippen LogP contribution in [0.4, 0.5) is 5.13 Å². The van der Waals surface area contributed by atoms with E-state index in [4.69, 9.17) is 4.98 Å². The third-order valence-corrected chi connectivity index (χ3v) is 6.63. The van der Waals surface area contributed by atoms with Crippen LogP contribution in [0.1, 0.15) is 23.2 Å². The van der Waals surface area contributed by atoms with E-state index in [1.165, 1.54) is 4.70 Å². The highest BCUT2D eigenvalue weighted by Crippen LogP contribution is 2.33. The number of hydrogen-bond donors (Lipinski definition) is 0. The normalized spacial score (nSPS) is 15.4. The summed E-state index contributed by atoms with van der Waals surface area (Å²) in [5.74, 6) is 0.567. The van der Waals surface area contributed by atoms with Crippen molar-refractivity contribution in [1.82, 2.24) is 19.7 Å². The van der Waals surface area contributed by atoms with E-state index in [0.717, 1.165) is 47.6 Å². The first-order valence-electron chi connectivity index (χ1n) is 9.05. The maximum atomic E-state index is 12.5. The third kappa shape index (κ3) is 4.01. The molecule has 142 valence electrons. The van der Waals surface area contributed by atoms with Gasteiger partial charge in [0, 0.05) is 44.4 Å². The first-order chi connectivity index (χ1) is 13.0. The Morgan fingerprint density at radius 3 is 2.85 bits per heavy atom. The number of nitrogens with zero attached hydrogens (tertiary/aromatic N) is 5. The first-order valence-corrected chi connectivity index (χ1v) is 10.7. The summed E-state index contributed by atoms with van der Waals surface area (Å²) >= 11 is 5.27. The molecule has 1 aromatic carbocycles. The van der Waals surface area contributed by atoms with E-state index in [1.807, 2.05) is 25.1 Å². The van der Waals surface area contributed by atoms with E-state index in [0.29, 0.717) is 11.5 Å². The van der Waals surface area contributed by atoms with Crippen molar-refractivity contribution >= 4 is 48.5 Å². The summed E-state index contributed by atoms with van der Waals surface area (Å²) in [5.41, 5.74) is 1.71. The van der Waals surface area contributed by atoms with Crippen molar-refractivity contribution in [2.75, 3.05) is 31.6 Å². The van der Waals surface area contributed by atoms with E-state index >= 15 is 0 Å². The molecule has 4 rings (SSSR count). The number of carbonyl (C=O) groups excluding carboxylic acids is 1. The molecule has 0 aliphatic carbocycles. The van der Waals surface area contributed by atoms with Crippen LogP contribution in [0.15, 0.2) is 35.1 Å². The summed E-state index contributed by atoms with van der Waals surface area (Å²) in [4.78, 5) is 21.5. The second-order valence-electron chi connectivity index (χ2n) is 7.13. The molecule has 1 amide bonds. The fraction of sp³-hybridized carbons (Fsp3) is 0.421. The number of thiazole rings is 1. The van der Waals surface area contributed by atoms with Crippen molar-refractivity contribution in [3.05, 3.63) is 40.6 Å². The van der Waals surface area contributed by atoms with Crippen LogP contribution in [0.3, 0.4) is 0 Å². The quantitative estimate of drug-likeness (QED) is 0.610. The molecular formula is C19H22BrN5OS. The molecule has 27 heavy (non-hydrogen) atoms.